The van der Waals surface area contributed by atoms with Crippen molar-refractivity contribution in [3.63, 3.8) is 0 Å². The Hall–Kier alpha value is -1.56. The van der Waals surface area contributed by atoms with Gasteiger partial charge in [0.25, 0.3) is 0 Å². The zero-order chi connectivity index (χ0) is 10.4. The third kappa shape index (κ3) is 3.44. The first kappa shape index (κ1) is 10.5. The molecule has 14 heavy (non-hydrogen) atoms. The average Bonchev–Trinajstić information content (AvgIpc) is 2.51. The Morgan fingerprint density at radius 3 is 3.14 bits per heavy atom. The van der Waals surface area contributed by atoms with Gasteiger partial charge in [-0.05, 0) is 6.92 Å². The van der Waals surface area contributed by atoms with E-state index in [2.05, 4.69) is 20.3 Å². The van der Waals surface area contributed by atoms with Gasteiger partial charge < -0.3 is 15.8 Å². The molecule has 0 spiro atoms. The lowest BCUT2D eigenvalue weighted by molar-refractivity contribution is 0.157. The van der Waals surface area contributed by atoms with Crippen molar-refractivity contribution in [3.8, 4) is 0 Å². The predicted octanol–water partition coefficient (Wildman–Crippen LogP) is -0.0970. The highest BCUT2D eigenvalue weighted by Crippen LogP contribution is 2.00. The molecule has 0 fully saturated rings. The van der Waals surface area contributed by atoms with Crippen molar-refractivity contribution in [1.29, 1.82) is 0 Å². The second-order valence-electron chi connectivity index (χ2n) is 2.86. The number of carbonyl (C=O) groups is 1. The maximum Gasteiger partial charge on any atom is 0.404 e. The molecular weight excluding hydrogens is 184 g/mol. The summed E-state index contributed by atoms with van der Waals surface area (Å²) in [7, 11) is 0. The molecule has 0 saturated carbocycles. The van der Waals surface area contributed by atoms with E-state index in [1.54, 1.807) is 6.20 Å². The van der Waals surface area contributed by atoms with Gasteiger partial charge in [-0.15, -0.1) is 0 Å². The molecule has 1 rings (SSSR count). The Kier molecular flexibility index (Phi) is 3.93. The van der Waals surface area contributed by atoms with Crippen LogP contribution in [0.2, 0.25) is 0 Å². The molecule has 1 aromatic heterocycles. The Balaban J connectivity index is 2.10. The summed E-state index contributed by atoms with van der Waals surface area (Å²) in [6, 6.07) is 0. The van der Waals surface area contributed by atoms with E-state index in [0.717, 1.165) is 11.3 Å². The topological polar surface area (TPSA) is 93.0 Å². The summed E-state index contributed by atoms with van der Waals surface area (Å²) in [6.07, 6.45) is 1.02. The fourth-order valence-corrected chi connectivity index (χ4v) is 1.00. The van der Waals surface area contributed by atoms with E-state index in [0.29, 0.717) is 13.1 Å². The number of aromatic nitrogens is 2. The lowest BCUT2D eigenvalue weighted by Gasteiger charge is -2.03. The summed E-state index contributed by atoms with van der Waals surface area (Å²) in [4.78, 5) is 10.2. The molecule has 6 nitrogen and oxygen atoms in total. The smallest absolute Gasteiger partial charge is 0.404 e. The summed E-state index contributed by atoms with van der Waals surface area (Å²) in [5, 5.41) is 9.80. The number of H-pyrrole nitrogens is 1. The van der Waals surface area contributed by atoms with Gasteiger partial charge in [-0.2, -0.15) is 5.10 Å². The van der Waals surface area contributed by atoms with E-state index < -0.39 is 6.09 Å². The van der Waals surface area contributed by atoms with Gasteiger partial charge >= 0.3 is 6.09 Å². The second-order valence-corrected chi connectivity index (χ2v) is 2.86. The van der Waals surface area contributed by atoms with Crippen LogP contribution in [0.15, 0.2) is 6.20 Å². The number of hydrogen-bond acceptors (Lipinski definition) is 4. The number of nitrogens with one attached hydrogen (secondary N) is 2. The van der Waals surface area contributed by atoms with Crippen molar-refractivity contribution < 1.29 is 9.53 Å². The minimum atomic E-state index is -0.744. The van der Waals surface area contributed by atoms with Gasteiger partial charge in [0.2, 0.25) is 0 Å². The summed E-state index contributed by atoms with van der Waals surface area (Å²) in [5.41, 5.74) is 6.93. The highest BCUT2D eigenvalue weighted by molar-refractivity contribution is 5.64. The van der Waals surface area contributed by atoms with Crippen molar-refractivity contribution in [3.05, 3.63) is 17.5 Å². The van der Waals surface area contributed by atoms with Crippen molar-refractivity contribution in [2.45, 2.75) is 13.5 Å². The van der Waals surface area contributed by atoms with Crippen molar-refractivity contribution >= 4 is 6.09 Å². The van der Waals surface area contributed by atoms with Crippen LogP contribution in [0.1, 0.15) is 11.3 Å². The molecule has 6 heteroatoms. The molecule has 78 valence electrons. The Morgan fingerprint density at radius 1 is 1.79 bits per heavy atom. The van der Waals surface area contributed by atoms with Crippen molar-refractivity contribution in [2.75, 3.05) is 13.2 Å². The van der Waals surface area contributed by atoms with Gasteiger partial charge in [0.05, 0.1) is 6.20 Å². The molecule has 0 unspecified atom stereocenters. The number of carbonyl (C=O) groups excluding carboxylic acids is 1. The monoisotopic (exact) mass is 198 g/mol. The SMILES string of the molecule is Cc1[nH]ncc1CNCCOC(N)=O. The van der Waals surface area contributed by atoms with Crippen LogP contribution >= 0.6 is 0 Å². The molecule has 1 amide bonds. The van der Waals surface area contributed by atoms with Crippen LogP contribution in [-0.2, 0) is 11.3 Å². The average molecular weight is 198 g/mol. The maximum absolute atomic E-state index is 10.2. The fourth-order valence-electron chi connectivity index (χ4n) is 1.00. The highest BCUT2D eigenvalue weighted by atomic mass is 16.5. The van der Waals surface area contributed by atoms with Gasteiger partial charge in [-0.1, -0.05) is 0 Å². The number of nitrogens with two attached hydrogens (primary N) is 1. The van der Waals surface area contributed by atoms with E-state index in [1.807, 2.05) is 6.92 Å². The Bertz CT molecular complexity index is 297. The third-order valence-electron chi connectivity index (χ3n) is 1.77. The number of aromatic amines is 1. The molecule has 1 aromatic rings. The van der Waals surface area contributed by atoms with E-state index in [1.165, 1.54) is 0 Å². The molecule has 0 atom stereocenters. The van der Waals surface area contributed by atoms with E-state index >= 15 is 0 Å². The zero-order valence-corrected chi connectivity index (χ0v) is 8.04. The normalized spacial score (nSPS) is 10.1. The summed E-state index contributed by atoms with van der Waals surface area (Å²) in [6.45, 7) is 3.51. The minimum absolute atomic E-state index is 0.284. The van der Waals surface area contributed by atoms with Gasteiger partial charge in [0, 0.05) is 24.3 Å². The standard InChI is InChI=1S/C8H14N4O2/c1-6-7(5-11-12-6)4-10-2-3-14-8(9)13/h5,10H,2-4H2,1H3,(H2,9,13)(H,11,12). The zero-order valence-electron chi connectivity index (χ0n) is 8.04. The largest absolute Gasteiger partial charge is 0.448 e. The second kappa shape index (κ2) is 5.23. The minimum Gasteiger partial charge on any atom is -0.448 e. The van der Waals surface area contributed by atoms with Crippen LogP contribution in [0, 0.1) is 6.92 Å². The van der Waals surface area contributed by atoms with E-state index in [4.69, 9.17) is 5.73 Å². The number of rotatable bonds is 5. The molecule has 0 radical (unpaired) electrons. The molecule has 1 heterocycles. The first-order valence-corrected chi connectivity index (χ1v) is 4.32. The lowest BCUT2D eigenvalue weighted by Crippen LogP contribution is -2.23. The van der Waals surface area contributed by atoms with Crippen LogP contribution in [0.25, 0.3) is 0 Å². The maximum atomic E-state index is 10.2. The molecule has 0 aliphatic rings. The number of ether oxygens (including phenoxy) is 1. The van der Waals surface area contributed by atoms with Crippen molar-refractivity contribution in [2.24, 2.45) is 5.73 Å². The van der Waals surface area contributed by atoms with Crippen LogP contribution < -0.4 is 11.1 Å². The molecule has 0 aliphatic heterocycles. The number of nitrogens with zero attached hydrogens (tertiary/aromatic N) is 1. The van der Waals surface area contributed by atoms with Gasteiger partial charge in [0.1, 0.15) is 6.61 Å². The quantitative estimate of drug-likeness (QED) is 0.576. The molecule has 0 aromatic carbocycles. The molecular formula is C8H14N4O2. The first-order valence-electron chi connectivity index (χ1n) is 4.32. The van der Waals surface area contributed by atoms with Gasteiger partial charge in [0.15, 0.2) is 0 Å². The van der Waals surface area contributed by atoms with E-state index in [-0.39, 0.29) is 6.61 Å². The summed E-state index contributed by atoms with van der Waals surface area (Å²) in [5.74, 6) is 0. The lowest BCUT2D eigenvalue weighted by atomic mass is 10.3. The van der Waals surface area contributed by atoms with Crippen molar-refractivity contribution in [1.82, 2.24) is 15.5 Å². The number of hydrogen-bond donors (Lipinski definition) is 3. The molecule has 0 saturated heterocycles. The molecule has 0 bridgehead atoms. The Morgan fingerprint density at radius 2 is 2.57 bits per heavy atom. The van der Waals surface area contributed by atoms with Crippen LogP contribution in [-0.4, -0.2) is 29.4 Å². The third-order valence-corrected chi connectivity index (χ3v) is 1.77. The highest BCUT2D eigenvalue weighted by Gasteiger charge is 1.99. The number of aryl methyl sites for hydroxylation is 1. The predicted molar refractivity (Wildman–Crippen MR) is 50.6 cm³/mol. The number of primary amides is 1. The summed E-state index contributed by atoms with van der Waals surface area (Å²) < 4.78 is 4.54. The first-order chi connectivity index (χ1) is 6.70. The van der Waals surface area contributed by atoms with Crippen LogP contribution in [0.3, 0.4) is 0 Å². The van der Waals surface area contributed by atoms with Crippen LogP contribution in [0.4, 0.5) is 4.79 Å². The van der Waals surface area contributed by atoms with E-state index in [9.17, 15) is 4.79 Å². The van der Waals surface area contributed by atoms with Gasteiger partial charge in [-0.25, -0.2) is 4.79 Å². The fraction of sp³-hybridized carbons (Fsp3) is 0.500. The Labute approximate surface area is 81.8 Å². The van der Waals surface area contributed by atoms with Gasteiger partial charge in [-0.3, -0.25) is 5.10 Å². The number of amides is 1. The van der Waals surface area contributed by atoms with Crippen LogP contribution in [0.5, 0.6) is 0 Å². The molecule has 0 aliphatic carbocycles. The summed E-state index contributed by atoms with van der Waals surface area (Å²) >= 11 is 0. The molecule has 4 N–H and O–H groups in total.